The lowest BCUT2D eigenvalue weighted by atomic mass is 10.0. The Bertz CT molecular complexity index is 529. The standard InChI is InChI=1S/C16H20BrNO4/c17-12-4-1-3-11(9-12)14(10-16(20)21)18-15(19)7-6-13-5-2-8-22-13/h1,3-4,9,13-14H,2,5-8,10H2,(H,18,19)(H,20,21). The van der Waals surface area contributed by atoms with Crippen LogP contribution in [0, 0.1) is 0 Å². The molecule has 2 N–H and O–H groups in total. The van der Waals surface area contributed by atoms with Gasteiger partial charge in [-0.15, -0.1) is 0 Å². The number of aliphatic carboxylic acids is 1. The smallest absolute Gasteiger partial charge is 0.305 e. The van der Waals surface area contributed by atoms with Crippen molar-refractivity contribution in [1.82, 2.24) is 5.32 Å². The number of halogens is 1. The minimum Gasteiger partial charge on any atom is -0.481 e. The average molecular weight is 370 g/mol. The Morgan fingerprint density at radius 3 is 2.91 bits per heavy atom. The number of rotatable bonds is 7. The van der Waals surface area contributed by atoms with Crippen LogP contribution in [0.5, 0.6) is 0 Å². The molecule has 2 unspecified atom stereocenters. The number of amides is 1. The average Bonchev–Trinajstić information content (AvgIpc) is 2.97. The van der Waals surface area contributed by atoms with Crippen molar-refractivity contribution in [2.45, 2.75) is 44.2 Å². The second-order valence-electron chi connectivity index (χ2n) is 5.45. The summed E-state index contributed by atoms with van der Waals surface area (Å²) in [5.41, 5.74) is 0.780. The van der Waals surface area contributed by atoms with Gasteiger partial charge in [0, 0.05) is 17.5 Å². The molecule has 0 spiro atoms. The molecular weight excluding hydrogens is 350 g/mol. The summed E-state index contributed by atoms with van der Waals surface area (Å²) in [6, 6.07) is 6.81. The largest absolute Gasteiger partial charge is 0.481 e. The summed E-state index contributed by atoms with van der Waals surface area (Å²) in [6.07, 6.45) is 3.11. The first-order valence-corrected chi connectivity index (χ1v) is 8.22. The fraction of sp³-hybridized carbons (Fsp3) is 0.500. The van der Waals surface area contributed by atoms with Crippen molar-refractivity contribution < 1.29 is 19.4 Å². The third-order valence-electron chi connectivity index (χ3n) is 3.68. The molecule has 0 radical (unpaired) electrons. The van der Waals surface area contributed by atoms with Gasteiger partial charge in [0.2, 0.25) is 5.91 Å². The van der Waals surface area contributed by atoms with Crippen molar-refractivity contribution in [1.29, 1.82) is 0 Å². The number of hydrogen-bond donors (Lipinski definition) is 2. The number of ether oxygens (including phenoxy) is 1. The molecule has 1 fully saturated rings. The summed E-state index contributed by atoms with van der Waals surface area (Å²) in [6.45, 7) is 0.770. The third kappa shape index (κ3) is 5.42. The van der Waals surface area contributed by atoms with Gasteiger partial charge in [-0.3, -0.25) is 9.59 Å². The van der Waals surface area contributed by atoms with Gasteiger partial charge in [0.25, 0.3) is 0 Å². The SMILES string of the molecule is O=C(O)CC(NC(=O)CCC1CCCO1)c1cccc(Br)c1. The first kappa shape index (κ1) is 17.0. The van der Waals surface area contributed by atoms with Crippen molar-refractivity contribution in [2.24, 2.45) is 0 Å². The Morgan fingerprint density at radius 1 is 1.45 bits per heavy atom. The van der Waals surface area contributed by atoms with Crippen LogP contribution < -0.4 is 5.32 Å². The van der Waals surface area contributed by atoms with Gasteiger partial charge in [0.05, 0.1) is 18.6 Å². The van der Waals surface area contributed by atoms with E-state index in [9.17, 15) is 9.59 Å². The Kier molecular flexibility index (Phi) is 6.39. The minimum absolute atomic E-state index is 0.137. The number of hydrogen-bond acceptors (Lipinski definition) is 3. The van der Waals surface area contributed by atoms with Crippen molar-refractivity contribution in [2.75, 3.05) is 6.61 Å². The van der Waals surface area contributed by atoms with E-state index >= 15 is 0 Å². The van der Waals surface area contributed by atoms with E-state index in [0.717, 1.165) is 29.5 Å². The topological polar surface area (TPSA) is 75.6 Å². The molecule has 2 rings (SSSR count). The Hall–Kier alpha value is -1.40. The van der Waals surface area contributed by atoms with Gasteiger partial charge in [-0.05, 0) is 37.0 Å². The normalized spacial score (nSPS) is 18.9. The molecule has 1 amide bonds. The van der Waals surface area contributed by atoms with Gasteiger partial charge >= 0.3 is 5.97 Å². The van der Waals surface area contributed by atoms with E-state index in [-0.39, 0.29) is 18.4 Å². The van der Waals surface area contributed by atoms with Crippen LogP contribution in [0.25, 0.3) is 0 Å². The van der Waals surface area contributed by atoms with E-state index in [1.54, 1.807) is 0 Å². The zero-order chi connectivity index (χ0) is 15.9. The monoisotopic (exact) mass is 369 g/mol. The lowest BCUT2D eigenvalue weighted by Gasteiger charge is -2.18. The van der Waals surface area contributed by atoms with Crippen molar-refractivity contribution in [3.63, 3.8) is 0 Å². The van der Waals surface area contributed by atoms with E-state index in [1.807, 2.05) is 24.3 Å². The highest BCUT2D eigenvalue weighted by atomic mass is 79.9. The zero-order valence-electron chi connectivity index (χ0n) is 12.3. The van der Waals surface area contributed by atoms with Crippen LogP contribution in [0.1, 0.15) is 43.7 Å². The van der Waals surface area contributed by atoms with Crippen molar-refractivity contribution in [3.05, 3.63) is 34.3 Å². The Balaban J connectivity index is 1.93. The van der Waals surface area contributed by atoms with E-state index in [0.29, 0.717) is 12.8 Å². The summed E-state index contributed by atoms with van der Waals surface area (Å²) < 4.78 is 6.35. The fourth-order valence-electron chi connectivity index (χ4n) is 2.58. The predicted octanol–water partition coefficient (Wildman–Crippen LogP) is 3.04. The molecule has 0 saturated carbocycles. The molecule has 0 aliphatic carbocycles. The van der Waals surface area contributed by atoms with Crippen LogP contribution in [-0.4, -0.2) is 29.7 Å². The molecular formula is C16H20BrNO4. The second-order valence-corrected chi connectivity index (χ2v) is 6.36. The van der Waals surface area contributed by atoms with Gasteiger partial charge in [0.1, 0.15) is 0 Å². The maximum atomic E-state index is 12.1. The lowest BCUT2D eigenvalue weighted by Crippen LogP contribution is -2.30. The Morgan fingerprint density at radius 2 is 2.27 bits per heavy atom. The van der Waals surface area contributed by atoms with Gasteiger partial charge in [-0.1, -0.05) is 28.1 Å². The molecule has 0 aromatic heterocycles. The lowest BCUT2D eigenvalue weighted by molar-refractivity contribution is -0.137. The van der Waals surface area contributed by atoms with E-state index in [1.165, 1.54) is 0 Å². The van der Waals surface area contributed by atoms with Crippen LogP contribution in [-0.2, 0) is 14.3 Å². The fourth-order valence-corrected chi connectivity index (χ4v) is 3.00. The van der Waals surface area contributed by atoms with E-state index in [4.69, 9.17) is 9.84 Å². The molecule has 2 atom stereocenters. The van der Waals surface area contributed by atoms with Crippen LogP contribution in [0.2, 0.25) is 0 Å². The van der Waals surface area contributed by atoms with Crippen molar-refractivity contribution in [3.8, 4) is 0 Å². The molecule has 120 valence electrons. The highest BCUT2D eigenvalue weighted by Crippen LogP contribution is 2.22. The van der Waals surface area contributed by atoms with E-state index in [2.05, 4.69) is 21.2 Å². The van der Waals surface area contributed by atoms with Gasteiger partial charge < -0.3 is 15.2 Å². The summed E-state index contributed by atoms with van der Waals surface area (Å²) >= 11 is 3.36. The maximum absolute atomic E-state index is 12.1. The molecule has 0 bridgehead atoms. The number of carbonyl (C=O) groups excluding carboxylic acids is 1. The third-order valence-corrected chi connectivity index (χ3v) is 4.18. The maximum Gasteiger partial charge on any atom is 0.305 e. The van der Waals surface area contributed by atoms with Crippen LogP contribution >= 0.6 is 15.9 Å². The van der Waals surface area contributed by atoms with Gasteiger partial charge in [0.15, 0.2) is 0 Å². The molecule has 1 heterocycles. The Labute approximate surface area is 138 Å². The molecule has 1 aliphatic rings. The van der Waals surface area contributed by atoms with Gasteiger partial charge in [-0.25, -0.2) is 0 Å². The van der Waals surface area contributed by atoms with E-state index < -0.39 is 12.0 Å². The number of benzene rings is 1. The molecule has 1 aromatic carbocycles. The number of carboxylic acid groups (broad SMARTS) is 1. The number of carbonyl (C=O) groups is 2. The van der Waals surface area contributed by atoms with Crippen molar-refractivity contribution >= 4 is 27.8 Å². The molecule has 1 aliphatic heterocycles. The van der Waals surface area contributed by atoms with Gasteiger partial charge in [-0.2, -0.15) is 0 Å². The van der Waals surface area contributed by atoms with Crippen LogP contribution in [0.3, 0.4) is 0 Å². The zero-order valence-corrected chi connectivity index (χ0v) is 13.8. The summed E-state index contributed by atoms with van der Waals surface area (Å²) in [5, 5.41) is 11.9. The highest BCUT2D eigenvalue weighted by Gasteiger charge is 2.20. The summed E-state index contributed by atoms with van der Waals surface area (Å²) in [5.74, 6) is -1.08. The summed E-state index contributed by atoms with van der Waals surface area (Å²) in [4.78, 5) is 23.1. The quantitative estimate of drug-likeness (QED) is 0.774. The highest BCUT2D eigenvalue weighted by molar-refractivity contribution is 9.10. The molecule has 5 nitrogen and oxygen atoms in total. The molecule has 6 heteroatoms. The second kappa shape index (κ2) is 8.29. The summed E-state index contributed by atoms with van der Waals surface area (Å²) in [7, 11) is 0. The molecule has 1 aromatic rings. The molecule has 1 saturated heterocycles. The minimum atomic E-state index is -0.940. The first-order valence-electron chi connectivity index (χ1n) is 7.43. The van der Waals surface area contributed by atoms with Crippen LogP contribution in [0.4, 0.5) is 0 Å². The number of nitrogens with one attached hydrogen (secondary N) is 1. The van der Waals surface area contributed by atoms with Crippen LogP contribution in [0.15, 0.2) is 28.7 Å². The predicted molar refractivity (Wildman–Crippen MR) is 85.5 cm³/mol. The number of carboxylic acids is 1. The first-order chi connectivity index (χ1) is 10.5. The molecule has 22 heavy (non-hydrogen) atoms.